The van der Waals surface area contributed by atoms with Crippen LogP contribution in [0.15, 0.2) is 0 Å². The van der Waals surface area contributed by atoms with Crippen LogP contribution in [0.4, 0.5) is 0 Å². The van der Waals surface area contributed by atoms with Gasteiger partial charge in [0.25, 0.3) is 0 Å². The summed E-state index contributed by atoms with van der Waals surface area (Å²) in [5, 5.41) is 0. The first-order valence-corrected chi connectivity index (χ1v) is 6.34. The van der Waals surface area contributed by atoms with Crippen LogP contribution in [-0.2, 0) is 4.79 Å². The maximum Gasteiger partial charge on any atom is 0.226 e. The predicted molar refractivity (Wildman–Crippen MR) is 67.0 cm³/mol. The summed E-state index contributed by atoms with van der Waals surface area (Å²) in [5.41, 5.74) is 5.99. The normalized spacial score (nSPS) is 22.8. The summed E-state index contributed by atoms with van der Waals surface area (Å²) in [5.74, 6) is 0.159. The fraction of sp³-hybridized carbons (Fsp3) is 0.923. The molecule has 0 aliphatic heterocycles. The molecule has 1 saturated carbocycles. The highest BCUT2D eigenvalue weighted by atomic mass is 16.2. The minimum Gasteiger partial charge on any atom is -0.343 e. The number of hydrogen-bond acceptors (Lipinski definition) is 2. The lowest BCUT2D eigenvalue weighted by molar-refractivity contribution is -0.136. The maximum absolute atomic E-state index is 12.0. The van der Waals surface area contributed by atoms with Crippen molar-refractivity contribution in [1.29, 1.82) is 0 Å². The first kappa shape index (κ1) is 13.5. The number of rotatable bonds is 3. The molecule has 3 nitrogen and oxygen atoms in total. The van der Waals surface area contributed by atoms with Crippen molar-refractivity contribution in [2.75, 3.05) is 13.6 Å². The Bertz CT molecular complexity index is 240. The van der Waals surface area contributed by atoms with Crippen molar-refractivity contribution in [2.45, 2.75) is 52.5 Å². The van der Waals surface area contributed by atoms with Gasteiger partial charge in [-0.2, -0.15) is 0 Å². The summed E-state index contributed by atoms with van der Waals surface area (Å²) in [6.07, 6.45) is 4.69. The Kier molecular flexibility index (Phi) is 4.36. The molecule has 0 aromatic carbocycles. The van der Waals surface area contributed by atoms with Crippen LogP contribution < -0.4 is 5.73 Å². The van der Waals surface area contributed by atoms with Crippen LogP contribution in [0, 0.1) is 11.3 Å². The molecule has 1 aliphatic rings. The molecule has 0 radical (unpaired) electrons. The molecular formula is C13H26N2O. The van der Waals surface area contributed by atoms with Crippen molar-refractivity contribution in [2.24, 2.45) is 17.1 Å². The van der Waals surface area contributed by atoms with Crippen molar-refractivity contribution in [3.8, 4) is 0 Å². The van der Waals surface area contributed by atoms with Crippen LogP contribution in [0.3, 0.4) is 0 Å². The highest BCUT2D eigenvalue weighted by Crippen LogP contribution is 2.36. The SMILES string of the molecule is CC(CN)C(=O)N(C)C1CCC(C)(C)CC1. The van der Waals surface area contributed by atoms with Crippen LogP contribution in [0.25, 0.3) is 0 Å². The van der Waals surface area contributed by atoms with E-state index >= 15 is 0 Å². The monoisotopic (exact) mass is 226 g/mol. The van der Waals surface area contributed by atoms with Gasteiger partial charge in [0.05, 0.1) is 0 Å². The Morgan fingerprint density at radius 1 is 1.44 bits per heavy atom. The number of hydrogen-bond donors (Lipinski definition) is 1. The topological polar surface area (TPSA) is 46.3 Å². The fourth-order valence-electron chi connectivity index (χ4n) is 2.40. The van der Waals surface area contributed by atoms with Gasteiger partial charge in [-0.3, -0.25) is 4.79 Å². The van der Waals surface area contributed by atoms with Gasteiger partial charge in [-0.15, -0.1) is 0 Å². The molecule has 2 N–H and O–H groups in total. The van der Waals surface area contributed by atoms with E-state index in [2.05, 4.69) is 13.8 Å². The number of nitrogens with zero attached hydrogens (tertiary/aromatic N) is 1. The molecule has 0 aromatic rings. The first-order chi connectivity index (χ1) is 7.37. The zero-order valence-corrected chi connectivity index (χ0v) is 11.1. The van der Waals surface area contributed by atoms with Crippen molar-refractivity contribution < 1.29 is 4.79 Å². The second kappa shape index (κ2) is 5.17. The summed E-state index contributed by atoms with van der Waals surface area (Å²) in [6.45, 7) is 6.98. The van der Waals surface area contributed by atoms with E-state index < -0.39 is 0 Å². The molecule has 0 heterocycles. The van der Waals surface area contributed by atoms with Crippen molar-refractivity contribution in [1.82, 2.24) is 4.90 Å². The van der Waals surface area contributed by atoms with Crippen LogP contribution in [-0.4, -0.2) is 30.4 Å². The standard InChI is InChI=1S/C13H26N2O/c1-10(9-14)12(16)15(4)11-5-7-13(2,3)8-6-11/h10-11H,5-9,14H2,1-4H3. The molecule has 0 aromatic heterocycles. The Morgan fingerprint density at radius 3 is 2.38 bits per heavy atom. The van der Waals surface area contributed by atoms with E-state index in [1.54, 1.807) is 0 Å². The smallest absolute Gasteiger partial charge is 0.226 e. The Morgan fingerprint density at radius 2 is 1.94 bits per heavy atom. The number of carbonyl (C=O) groups is 1. The first-order valence-electron chi connectivity index (χ1n) is 6.34. The largest absolute Gasteiger partial charge is 0.343 e. The fourth-order valence-corrected chi connectivity index (χ4v) is 2.40. The third-order valence-corrected chi connectivity index (χ3v) is 3.98. The van der Waals surface area contributed by atoms with Gasteiger partial charge in [-0.1, -0.05) is 20.8 Å². The maximum atomic E-state index is 12.0. The molecule has 1 aliphatic carbocycles. The van der Waals surface area contributed by atoms with Crippen LogP contribution in [0.2, 0.25) is 0 Å². The summed E-state index contributed by atoms with van der Waals surface area (Å²) in [6, 6.07) is 0.425. The molecule has 0 spiro atoms. The van der Waals surface area contributed by atoms with Gasteiger partial charge in [0.1, 0.15) is 0 Å². The number of amides is 1. The van der Waals surface area contributed by atoms with Crippen molar-refractivity contribution >= 4 is 5.91 Å². The quantitative estimate of drug-likeness (QED) is 0.800. The molecule has 1 unspecified atom stereocenters. The summed E-state index contributed by atoms with van der Waals surface area (Å²) in [4.78, 5) is 13.9. The second-order valence-corrected chi connectivity index (χ2v) is 5.98. The molecule has 0 saturated heterocycles. The third-order valence-electron chi connectivity index (χ3n) is 3.98. The third kappa shape index (κ3) is 3.21. The number of carbonyl (C=O) groups excluding carboxylic acids is 1. The van der Waals surface area contributed by atoms with Gasteiger partial charge < -0.3 is 10.6 Å². The average molecular weight is 226 g/mol. The van der Waals surface area contributed by atoms with E-state index in [0.717, 1.165) is 12.8 Å². The molecule has 1 rings (SSSR count). The highest BCUT2D eigenvalue weighted by Gasteiger charge is 2.31. The summed E-state index contributed by atoms with van der Waals surface area (Å²) < 4.78 is 0. The van der Waals surface area contributed by atoms with E-state index in [1.165, 1.54) is 12.8 Å². The molecule has 0 bridgehead atoms. The molecule has 94 valence electrons. The van der Waals surface area contributed by atoms with E-state index in [-0.39, 0.29) is 11.8 Å². The Balaban J connectivity index is 2.50. The second-order valence-electron chi connectivity index (χ2n) is 5.98. The molecular weight excluding hydrogens is 200 g/mol. The molecule has 1 atom stereocenters. The predicted octanol–water partition coefficient (Wildman–Crippen LogP) is 2.01. The lowest BCUT2D eigenvalue weighted by Crippen LogP contribution is -2.44. The van der Waals surface area contributed by atoms with Gasteiger partial charge in [-0.05, 0) is 31.1 Å². The average Bonchev–Trinajstić information content (AvgIpc) is 2.26. The van der Waals surface area contributed by atoms with Gasteiger partial charge in [-0.25, -0.2) is 0 Å². The van der Waals surface area contributed by atoms with Crippen LogP contribution in [0.1, 0.15) is 46.5 Å². The zero-order valence-electron chi connectivity index (χ0n) is 11.1. The zero-order chi connectivity index (χ0) is 12.3. The molecule has 1 amide bonds. The molecule has 1 fully saturated rings. The Hall–Kier alpha value is -0.570. The van der Waals surface area contributed by atoms with E-state index in [9.17, 15) is 4.79 Å². The van der Waals surface area contributed by atoms with Crippen LogP contribution >= 0.6 is 0 Å². The lowest BCUT2D eigenvalue weighted by Gasteiger charge is -2.39. The lowest BCUT2D eigenvalue weighted by atomic mass is 9.75. The van der Waals surface area contributed by atoms with Crippen LogP contribution in [0.5, 0.6) is 0 Å². The van der Waals surface area contributed by atoms with Gasteiger partial charge in [0.2, 0.25) is 5.91 Å². The van der Waals surface area contributed by atoms with Gasteiger partial charge >= 0.3 is 0 Å². The van der Waals surface area contributed by atoms with E-state index in [1.807, 2.05) is 18.9 Å². The van der Waals surface area contributed by atoms with Gasteiger partial charge in [0.15, 0.2) is 0 Å². The minimum atomic E-state index is -0.0417. The van der Waals surface area contributed by atoms with E-state index in [0.29, 0.717) is 18.0 Å². The summed E-state index contributed by atoms with van der Waals surface area (Å²) >= 11 is 0. The highest BCUT2D eigenvalue weighted by molar-refractivity contribution is 5.78. The molecule has 3 heteroatoms. The number of nitrogens with two attached hydrogens (primary N) is 1. The van der Waals surface area contributed by atoms with E-state index in [4.69, 9.17) is 5.73 Å². The minimum absolute atomic E-state index is 0.0417. The summed E-state index contributed by atoms with van der Waals surface area (Å²) in [7, 11) is 1.93. The van der Waals surface area contributed by atoms with Gasteiger partial charge in [0, 0.05) is 25.6 Å². The Labute approximate surface area is 99.4 Å². The van der Waals surface area contributed by atoms with Crippen molar-refractivity contribution in [3.63, 3.8) is 0 Å². The van der Waals surface area contributed by atoms with Crippen molar-refractivity contribution in [3.05, 3.63) is 0 Å². The molecule has 16 heavy (non-hydrogen) atoms.